The Hall–Kier alpha value is -1.83. The first-order valence-corrected chi connectivity index (χ1v) is 11.9. The molecule has 1 unspecified atom stereocenters. The standard InChI is InChI=1S/C24H36ClN3O4/c1-16(2)28(18-9-8-10-26-15-18)22(29)17-13-19(25)21-20(14-17)27(11-6-7-12-31-5)23(30)24(3,4)32-21/h13-14,16,18,26H,6-12,15H2,1-5H3. The number of hydrogen-bond donors (Lipinski definition) is 1. The number of nitrogens with zero attached hydrogens (tertiary/aromatic N) is 2. The molecule has 1 N–H and O–H groups in total. The van der Waals surface area contributed by atoms with Crippen molar-refractivity contribution in [2.75, 3.05) is 38.3 Å². The number of amides is 2. The fourth-order valence-corrected chi connectivity index (χ4v) is 4.77. The highest BCUT2D eigenvalue weighted by Gasteiger charge is 2.42. The number of carbonyl (C=O) groups is 2. The van der Waals surface area contributed by atoms with Crippen LogP contribution in [0.1, 0.15) is 63.7 Å². The molecular formula is C24H36ClN3O4. The molecule has 0 aromatic heterocycles. The van der Waals surface area contributed by atoms with Gasteiger partial charge in [0.1, 0.15) is 0 Å². The average molecular weight is 466 g/mol. The Labute approximate surface area is 196 Å². The van der Waals surface area contributed by atoms with Gasteiger partial charge in [0.25, 0.3) is 11.8 Å². The van der Waals surface area contributed by atoms with Crippen LogP contribution in [0.3, 0.4) is 0 Å². The highest BCUT2D eigenvalue weighted by molar-refractivity contribution is 6.33. The third-order valence-corrected chi connectivity index (χ3v) is 6.40. The SMILES string of the molecule is COCCCCN1C(=O)C(C)(C)Oc2c(Cl)cc(C(=O)N(C(C)C)C3CCCNC3)cc21. The van der Waals surface area contributed by atoms with Crippen molar-refractivity contribution in [1.29, 1.82) is 0 Å². The number of halogens is 1. The van der Waals surface area contributed by atoms with Crippen LogP contribution in [0.2, 0.25) is 5.02 Å². The average Bonchev–Trinajstić information content (AvgIpc) is 2.74. The lowest BCUT2D eigenvalue weighted by molar-refractivity contribution is -0.132. The number of benzene rings is 1. The zero-order chi connectivity index (χ0) is 23.5. The second kappa shape index (κ2) is 10.4. The monoisotopic (exact) mass is 465 g/mol. The fraction of sp³-hybridized carbons (Fsp3) is 0.667. The van der Waals surface area contributed by atoms with Gasteiger partial charge in [0, 0.05) is 44.5 Å². The Morgan fingerprint density at radius 2 is 2.12 bits per heavy atom. The van der Waals surface area contributed by atoms with Crippen LogP contribution >= 0.6 is 11.6 Å². The number of piperidine rings is 1. The van der Waals surface area contributed by atoms with E-state index in [1.54, 1.807) is 38.0 Å². The maximum atomic E-state index is 13.6. The lowest BCUT2D eigenvalue weighted by atomic mass is 10.00. The molecule has 7 nitrogen and oxygen atoms in total. The Morgan fingerprint density at radius 3 is 2.75 bits per heavy atom. The fourth-order valence-electron chi connectivity index (χ4n) is 4.52. The van der Waals surface area contributed by atoms with Gasteiger partial charge in [-0.15, -0.1) is 0 Å². The molecule has 0 bridgehead atoms. The summed E-state index contributed by atoms with van der Waals surface area (Å²) in [5, 5.41) is 3.74. The maximum Gasteiger partial charge on any atom is 0.270 e. The van der Waals surface area contributed by atoms with Gasteiger partial charge in [-0.2, -0.15) is 0 Å². The van der Waals surface area contributed by atoms with E-state index < -0.39 is 5.60 Å². The smallest absolute Gasteiger partial charge is 0.270 e. The number of carbonyl (C=O) groups excluding carboxylic acids is 2. The van der Waals surface area contributed by atoms with E-state index >= 15 is 0 Å². The number of ether oxygens (including phenoxy) is 2. The molecule has 2 aliphatic heterocycles. The minimum Gasteiger partial charge on any atom is -0.474 e. The second-order valence-corrected chi connectivity index (χ2v) is 9.79. The van der Waals surface area contributed by atoms with Gasteiger partial charge < -0.3 is 24.6 Å². The summed E-state index contributed by atoms with van der Waals surface area (Å²) < 4.78 is 11.1. The third kappa shape index (κ3) is 5.21. The largest absolute Gasteiger partial charge is 0.474 e. The summed E-state index contributed by atoms with van der Waals surface area (Å²) in [7, 11) is 1.66. The van der Waals surface area contributed by atoms with Crippen LogP contribution in [0.5, 0.6) is 5.75 Å². The summed E-state index contributed by atoms with van der Waals surface area (Å²) in [5.41, 5.74) is 0.0142. The van der Waals surface area contributed by atoms with E-state index in [4.69, 9.17) is 21.1 Å². The van der Waals surface area contributed by atoms with E-state index in [0.717, 1.165) is 38.8 Å². The molecule has 2 aliphatic rings. The van der Waals surface area contributed by atoms with Crippen molar-refractivity contribution in [3.05, 3.63) is 22.7 Å². The molecule has 0 radical (unpaired) electrons. The summed E-state index contributed by atoms with van der Waals surface area (Å²) in [5.74, 6) is 0.241. The van der Waals surface area contributed by atoms with Crippen LogP contribution in [0.25, 0.3) is 0 Å². The van der Waals surface area contributed by atoms with E-state index in [1.165, 1.54) is 0 Å². The van der Waals surface area contributed by atoms with Crippen LogP contribution in [-0.2, 0) is 9.53 Å². The van der Waals surface area contributed by atoms with Gasteiger partial charge in [-0.1, -0.05) is 11.6 Å². The molecule has 0 saturated carbocycles. The molecule has 2 amide bonds. The second-order valence-electron chi connectivity index (χ2n) is 9.38. The van der Waals surface area contributed by atoms with Crippen LogP contribution in [0, 0.1) is 0 Å². The van der Waals surface area contributed by atoms with Crippen molar-refractivity contribution in [2.24, 2.45) is 0 Å². The van der Waals surface area contributed by atoms with Gasteiger partial charge in [0.2, 0.25) is 0 Å². The minimum absolute atomic E-state index is 0.0455. The normalized spacial score (nSPS) is 20.2. The molecule has 0 spiro atoms. The molecule has 178 valence electrons. The van der Waals surface area contributed by atoms with Crippen LogP contribution in [0.4, 0.5) is 5.69 Å². The molecular weight excluding hydrogens is 430 g/mol. The van der Waals surface area contributed by atoms with Gasteiger partial charge in [0.15, 0.2) is 11.4 Å². The lowest BCUT2D eigenvalue weighted by Crippen LogP contribution is -2.53. The summed E-state index contributed by atoms with van der Waals surface area (Å²) in [6.07, 6.45) is 3.62. The summed E-state index contributed by atoms with van der Waals surface area (Å²) >= 11 is 6.62. The van der Waals surface area contributed by atoms with Gasteiger partial charge in [-0.05, 0) is 72.1 Å². The summed E-state index contributed by atoms with van der Waals surface area (Å²) in [4.78, 5) is 30.4. The van der Waals surface area contributed by atoms with Crippen LogP contribution in [-0.4, -0.2) is 67.7 Å². The molecule has 1 aromatic rings. The summed E-state index contributed by atoms with van der Waals surface area (Å²) in [6.45, 7) is 10.5. The molecule has 1 atom stereocenters. The number of rotatable bonds is 8. The minimum atomic E-state index is -1.03. The molecule has 1 fully saturated rings. The van der Waals surface area contributed by atoms with Crippen molar-refractivity contribution < 1.29 is 19.1 Å². The molecule has 3 rings (SSSR count). The van der Waals surface area contributed by atoms with Crippen molar-refractivity contribution in [2.45, 2.75) is 71.1 Å². The quantitative estimate of drug-likeness (QED) is 0.590. The Balaban J connectivity index is 1.96. The van der Waals surface area contributed by atoms with Gasteiger partial charge in [0.05, 0.1) is 10.7 Å². The van der Waals surface area contributed by atoms with Crippen molar-refractivity contribution >= 4 is 29.1 Å². The Morgan fingerprint density at radius 1 is 1.38 bits per heavy atom. The van der Waals surface area contributed by atoms with E-state index in [1.807, 2.05) is 18.7 Å². The summed E-state index contributed by atoms with van der Waals surface area (Å²) in [6, 6.07) is 3.61. The predicted octanol–water partition coefficient (Wildman–Crippen LogP) is 3.87. The van der Waals surface area contributed by atoms with Gasteiger partial charge >= 0.3 is 0 Å². The first-order chi connectivity index (χ1) is 15.2. The first kappa shape index (κ1) is 24.8. The van der Waals surface area contributed by atoms with Gasteiger partial charge in [-0.3, -0.25) is 9.59 Å². The van der Waals surface area contributed by atoms with E-state index in [9.17, 15) is 9.59 Å². The molecule has 1 saturated heterocycles. The van der Waals surface area contributed by atoms with E-state index in [0.29, 0.717) is 35.2 Å². The topological polar surface area (TPSA) is 71.1 Å². The van der Waals surface area contributed by atoms with E-state index in [2.05, 4.69) is 5.32 Å². The Kier molecular flexibility index (Phi) is 8.06. The lowest BCUT2D eigenvalue weighted by Gasteiger charge is -2.40. The highest BCUT2D eigenvalue weighted by atomic mass is 35.5. The number of anilines is 1. The molecule has 1 aromatic carbocycles. The molecule has 2 heterocycles. The van der Waals surface area contributed by atoms with Crippen molar-refractivity contribution in [1.82, 2.24) is 10.2 Å². The molecule has 8 heteroatoms. The zero-order valence-electron chi connectivity index (χ0n) is 19.9. The van der Waals surface area contributed by atoms with Crippen LogP contribution < -0.4 is 15.0 Å². The number of hydrogen-bond acceptors (Lipinski definition) is 5. The molecule has 0 aliphatic carbocycles. The maximum absolute atomic E-state index is 13.6. The van der Waals surface area contributed by atoms with Crippen LogP contribution in [0.15, 0.2) is 12.1 Å². The highest BCUT2D eigenvalue weighted by Crippen LogP contribution is 2.44. The zero-order valence-corrected chi connectivity index (χ0v) is 20.6. The van der Waals surface area contributed by atoms with E-state index in [-0.39, 0.29) is 23.9 Å². The Bertz CT molecular complexity index is 837. The third-order valence-electron chi connectivity index (χ3n) is 6.11. The molecule has 32 heavy (non-hydrogen) atoms. The number of nitrogens with one attached hydrogen (secondary N) is 1. The van der Waals surface area contributed by atoms with Gasteiger partial charge in [-0.25, -0.2) is 0 Å². The number of unbranched alkanes of at least 4 members (excludes halogenated alkanes) is 1. The first-order valence-electron chi connectivity index (χ1n) is 11.5. The number of methoxy groups -OCH3 is 1. The predicted molar refractivity (Wildman–Crippen MR) is 127 cm³/mol. The van der Waals surface area contributed by atoms with Crippen molar-refractivity contribution in [3.63, 3.8) is 0 Å². The van der Waals surface area contributed by atoms with Crippen molar-refractivity contribution in [3.8, 4) is 5.75 Å². The number of fused-ring (bicyclic) bond motifs is 1.